The largest absolute Gasteiger partial charge is 0.332 e. The van der Waals surface area contributed by atoms with Gasteiger partial charge in [0.2, 0.25) is 5.91 Å². The van der Waals surface area contributed by atoms with Crippen LogP contribution in [0.2, 0.25) is 5.02 Å². The molecule has 6 heteroatoms. The Labute approximate surface area is 155 Å². The van der Waals surface area contributed by atoms with Crippen LogP contribution in [0.5, 0.6) is 0 Å². The summed E-state index contributed by atoms with van der Waals surface area (Å²) in [5.41, 5.74) is 1.82. The smallest absolute Gasteiger partial charge is 0.265 e. The van der Waals surface area contributed by atoms with Crippen molar-refractivity contribution >= 4 is 50.5 Å². The van der Waals surface area contributed by atoms with Gasteiger partial charge in [-0.25, -0.2) is 0 Å². The third-order valence-electron chi connectivity index (χ3n) is 3.79. The van der Waals surface area contributed by atoms with Crippen LogP contribution in [0.4, 0.5) is 5.69 Å². The lowest BCUT2D eigenvalue weighted by molar-refractivity contribution is -0.116. The number of amides is 2. The Morgan fingerprint density at radius 3 is 2.48 bits per heavy atom. The number of hydrogen-bond donors (Lipinski definition) is 1. The first kappa shape index (κ1) is 17.5. The van der Waals surface area contributed by atoms with Gasteiger partial charge in [-0.05, 0) is 25.1 Å². The average molecular weight is 373 g/mol. The number of halogens is 1. The summed E-state index contributed by atoms with van der Waals surface area (Å²) >= 11 is 7.68. The molecular formula is C19H17ClN2O2S. The fraction of sp³-hybridized carbons (Fsp3) is 0.158. The zero-order valence-corrected chi connectivity index (χ0v) is 15.4. The normalized spacial score (nSPS) is 10.7. The Kier molecular flexibility index (Phi) is 5.06. The molecule has 128 valence electrons. The highest BCUT2D eigenvalue weighted by Crippen LogP contribution is 2.35. The Morgan fingerprint density at radius 2 is 1.80 bits per heavy atom. The van der Waals surface area contributed by atoms with Gasteiger partial charge in [0.05, 0.1) is 11.6 Å². The number of carbonyl (C=O) groups is 2. The summed E-state index contributed by atoms with van der Waals surface area (Å²) in [4.78, 5) is 26.6. The van der Waals surface area contributed by atoms with Crippen molar-refractivity contribution in [2.24, 2.45) is 0 Å². The minimum Gasteiger partial charge on any atom is -0.332 e. The fourth-order valence-electron chi connectivity index (χ4n) is 2.45. The summed E-state index contributed by atoms with van der Waals surface area (Å²) in [6, 6.07) is 15.1. The Balaban J connectivity index is 1.70. The first-order chi connectivity index (χ1) is 12.0. The summed E-state index contributed by atoms with van der Waals surface area (Å²) in [7, 11) is 1.60. The van der Waals surface area contributed by atoms with E-state index in [2.05, 4.69) is 5.32 Å². The summed E-state index contributed by atoms with van der Waals surface area (Å²) in [6.07, 6.45) is 0. The maximum atomic E-state index is 12.6. The number of carbonyl (C=O) groups excluding carboxylic acids is 2. The SMILES string of the molecule is Cc1ccc(NC(=O)CN(C)C(=O)c2sc3ccccc3c2Cl)cc1. The number of hydrogen-bond acceptors (Lipinski definition) is 3. The molecule has 0 unspecified atom stereocenters. The highest BCUT2D eigenvalue weighted by atomic mass is 35.5. The highest BCUT2D eigenvalue weighted by Gasteiger charge is 2.21. The van der Waals surface area contributed by atoms with E-state index >= 15 is 0 Å². The van der Waals surface area contributed by atoms with Crippen LogP contribution in [-0.2, 0) is 4.79 Å². The highest BCUT2D eigenvalue weighted by molar-refractivity contribution is 7.21. The number of nitrogens with zero attached hydrogens (tertiary/aromatic N) is 1. The lowest BCUT2D eigenvalue weighted by atomic mass is 10.2. The standard InChI is InChI=1S/C19H17ClN2O2S/c1-12-7-9-13(10-8-12)21-16(23)11-22(2)19(24)18-17(20)14-5-3-4-6-15(14)25-18/h3-10H,11H2,1-2H3,(H,21,23). The first-order valence-corrected chi connectivity index (χ1v) is 8.94. The number of nitrogens with one attached hydrogen (secondary N) is 1. The molecule has 2 aromatic carbocycles. The van der Waals surface area contributed by atoms with Crippen molar-refractivity contribution in [1.29, 1.82) is 0 Å². The van der Waals surface area contributed by atoms with Crippen molar-refractivity contribution in [3.8, 4) is 0 Å². The Hall–Kier alpha value is -2.37. The molecule has 0 spiro atoms. The maximum Gasteiger partial charge on any atom is 0.265 e. The van der Waals surface area contributed by atoms with E-state index < -0.39 is 0 Å². The molecule has 1 aromatic heterocycles. The summed E-state index contributed by atoms with van der Waals surface area (Å²) < 4.78 is 0.952. The van der Waals surface area contributed by atoms with Gasteiger partial charge in [-0.2, -0.15) is 0 Å². The molecule has 0 aliphatic rings. The van der Waals surface area contributed by atoms with Crippen molar-refractivity contribution in [3.63, 3.8) is 0 Å². The van der Waals surface area contributed by atoms with Crippen LogP contribution >= 0.6 is 22.9 Å². The second kappa shape index (κ2) is 7.25. The third-order valence-corrected chi connectivity index (χ3v) is 5.46. The quantitative estimate of drug-likeness (QED) is 0.729. The van der Waals surface area contributed by atoms with Crippen molar-refractivity contribution in [2.75, 3.05) is 18.9 Å². The Morgan fingerprint density at radius 1 is 1.12 bits per heavy atom. The predicted octanol–water partition coefficient (Wildman–Crippen LogP) is 4.57. The minimum atomic E-state index is -0.259. The lowest BCUT2D eigenvalue weighted by Gasteiger charge is -2.16. The van der Waals surface area contributed by atoms with E-state index in [1.807, 2.05) is 55.5 Å². The van der Waals surface area contributed by atoms with Crippen molar-refractivity contribution in [1.82, 2.24) is 4.90 Å². The molecule has 0 saturated carbocycles. The maximum absolute atomic E-state index is 12.6. The number of fused-ring (bicyclic) bond motifs is 1. The molecule has 1 heterocycles. The van der Waals surface area contributed by atoms with Gasteiger partial charge in [0.15, 0.2) is 0 Å². The first-order valence-electron chi connectivity index (χ1n) is 7.74. The minimum absolute atomic E-state index is 0.0444. The van der Waals surface area contributed by atoms with E-state index in [4.69, 9.17) is 11.6 Å². The average Bonchev–Trinajstić information content (AvgIpc) is 2.93. The molecule has 0 aliphatic heterocycles. The van der Waals surface area contributed by atoms with Crippen LogP contribution in [0, 0.1) is 6.92 Å². The molecule has 0 bridgehead atoms. The molecule has 2 amide bonds. The van der Waals surface area contributed by atoms with E-state index in [0.29, 0.717) is 15.6 Å². The van der Waals surface area contributed by atoms with Gasteiger partial charge in [0, 0.05) is 22.8 Å². The van der Waals surface area contributed by atoms with Gasteiger partial charge in [-0.3, -0.25) is 9.59 Å². The topological polar surface area (TPSA) is 49.4 Å². The van der Waals surface area contributed by atoms with Crippen molar-refractivity contribution < 1.29 is 9.59 Å². The number of thiophene rings is 1. The van der Waals surface area contributed by atoms with Gasteiger partial charge >= 0.3 is 0 Å². The molecule has 0 atom stereocenters. The monoisotopic (exact) mass is 372 g/mol. The number of likely N-dealkylation sites (N-methyl/N-ethyl adjacent to an activating group) is 1. The second-order valence-corrected chi connectivity index (χ2v) is 7.25. The Bertz CT molecular complexity index is 934. The van der Waals surface area contributed by atoms with E-state index in [1.54, 1.807) is 7.05 Å². The lowest BCUT2D eigenvalue weighted by Crippen LogP contribution is -2.34. The second-order valence-electron chi connectivity index (χ2n) is 5.82. The van der Waals surface area contributed by atoms with E-state index in [0.717, 1.165) is 15.6 Å². The number of anilines is 1. The molecule has 0 saturated heterocycles. The van der Waals surface area contributed by atoms with Crippen molar-refractivity contribution in [3.05, 3.63) is 64.0 Å². The van der Waals surface area contributed by atoms with Gasteiger partial charge in [0.1, 0.15) is 4.88 Å². The number of rotatable bonds is 4. The van der Waals surface area contributed by atoms with E-state index in [-0.39, 0.29) is 18.4 Å². The van der Waals surface area contributed by atoms with E-state index in [9.17, 15) is 9.59 Å². The predicted molar refractivity (Wildman–Crippen MR) is 104 cm³/mol. The van der Waals surface area contributed by atoms with Crippen molar-refractivity contribution in [2.45, 2.75) is 6.92 Å². The molecule has 3 aromatic rings. The van der Waals surface area contributed by atoms with Crippen LogP contribution < -0.4 is 5.32 Å². The van der Waals surface area contributed by atoms with E-state index in [1.165, 1.54) is 16.2 Å². The molecule has 25 heavy (non-hydrogen) atoms. The molecule has 0 fully saturated rings. The molecule has 0 radical (unpaired) electrons. The number of benzene rings is 2. The number of aryl methyl sites for hydroxylation is 1. The van der Waals surface area contributed by atoms with Crippen LogP contribution in [0.25, 0.3) is 10.1 Å². The molecule has 1 N–H and O–H groups in total. The van der Waals surface area contributed by atoms with Gasteiger partial charge in [-0.1, -0.05) is 47.5 Å². The fourth-order valence-corrected chi connectivity index (χ4v) is 3.96. The van der Waals surface area contributed by atoms with Gasteiger partial charge in [0.25, 0.3) is 5.91 Å². The van der Waals surface area contributed by atoms with Crippen LogP contribution in [0.3, 0.4) is 0 Å². The van der Waals surface area contributed by atoms with Crippen LogP contribution in [0.15, 0.2) is 48.5 Å². The van der Waals surface area contributed by atoms with Gasteiger partial charge in [-0.15, -0.1) is 11.3 Å². The third kappa shape index (κ3) is 3.83. The van der Waals surface area contributed by atoms with Gasteiger partial charge < -0.3 is 10.2 Å². The molecule has 3 rings (SSSR count). The zero-order chi connectivity index (χ0) is 18.0. The summed E-state index contributed by atoms with van der Waals surface area (Å²) in [6.45, 7) is 1.93. The van der Waals surface area contributed by atoms with Crippen LogP contribution in [0.1, 0.15) is 15.2 Å². The summed E-state index contributed by atoms with van der Waals surface area (Å²) in [5, 5.41) is 4.08. The molecule has 4 nitrogen and oxygen atoms in total. The summed E-state index contributed by atoms with van der Waals surface area (Å²) in [5.74, 6) is -0.512. The van der Waals surface area contributed by atoms with Crippen LogP contribution in [-0.4, -0.2) is 30.3 Å². The zero-order valence-electron chi connectivity index (χ0n) is 13.9. The molecule has 0 aliphatic carbocycles. The molecular weight excluding hydrogens is 356 g/mol.